The van der Waals surface area contributed by atoms with Crippen LogP contribution in [0.3, 0.4) is 0 Å². The molecule has 0 unspecified atom stereocenters. The lowest BCUT2D eigenvalue weighted by molar-refractivity contribution is 0.376. The monoisotopic (exact) mass is 245 g/mol. The van der Waals surface area contributed by atoms with Crippen LogP contribution in [0.4, 0.5) is 5.69 Å². The summed E-state index contributed by atoms with van der Waals surface area (Å²) in [6.07, 6.45) is 0. The van der Waals surface area contributed by atoms with Crippen LogP contribution in [0.25, 0.3) is 0 Å². The van der Waals surface area contributed by atoms with Gasteiger partial charge in [0.05, 0.1) is 19.9 Å². The van der Waals surface area contributed by atoms with Gasteiger partial charge in [0.2, 0.25) is 0 Å². The van der Waals surface area contributed by atoms with Gasteiger partial charge in [0.1, 0.15) is 5.75 Å². The zero-order valence-electron chi connectivity index (χ0n) is 10.3. The Hall–Kier alpha value is -2.36. The van der Waals surface area contributed by atoms with E-state index < -0.39 is 0 Å². The van der Waals surface area contributed by atoms with Crippen molar-refractivity contribution in [2.75, 3.05) is 20.0 Å². The first-order valence-corrected chi connectivity index (χ1v) is 5.49. The average Bonchev–Trinajstić information content (AvgIpc) is 2.42. The van der Waals surface area contributed by atoms with Gasteiger partial charge in [-0.15, -0.1) is 0 Å². The zero-order valence-corrected chi connectivity index (χ0v) is 10.3. The second kappa shape index (κ2) is 5.31. The summed E-state index contributed by atoms with van der Waals surface area (Å²) in [7, 11) is 3.19. The van der Waals surface area contributed by atoms with Crippen molar-refractivity contribution in [3.05, 3.63) is 42.5 Å². The van der Waals surface area contributed by atoms with Crippen LogP contribution < -0.4 is 19.9 Å². The van der Waals surface area contributed by atoms with Crippen molar-refractivity contribution in [1.82, 2.24) is 0 Å². The topological polar surface area (TPSA) is 53.7 Å². The lowest BCUT2D eigenvalue weighted by Gasteiger charge is -2.12. The fourth-order valence-corrected chi connectivity index (χ4v) is 1.55. The molecule has 0 radical (unpaired) electrons. The molecule has 0 spiro atoms. The van der Waals surface area contributed by atoms with Crippen LogP contribution in [-0.2, 0) is 0 Å². The third-order valence-corrected chi connectivity index (χ3v) is 2.51. The van der Waals surface area contributed by atoms with Crippen LogP contribution in [0, 0.1) is 0 Å². The van der Waals surface area contributed by atoms with Crippen molar-refractivity contribution in [3.8, 4) is 23.0 Å². The van der Waals surface area contributed by atoms with Crippen molar-refractivity contribution in [2.24, 2.45) is 0 Å². The number of hydrogen-bond acceptors (Lipinski definition) is 4. The maximum absolute atomic E-state index is 5.86. The standard InChI is InChI=1S/C14H15NO3/c1-16-10-7-8-11(15)14(9-10)18-13-6-4-3-5-12(13)17-2/h3-9H,15H2,1-2H3. The Kier molecular flexibility index (Phi) is 3.57. The number of rotatable bonds is 4. The van der Waals surface area contributed by atoms with E-state index in [0.29, 0.717) is 28.7 Å². The van der Waals surface area contributed by atoms with Crippen molar-refractivity contribution in [3.63, 3.8) is 0 Å². The summed E-state index contributed by atoms with van der Waals surface area (Å²) < 4.78 is 16.1. The van der Waals surface area contributed by atoms with Gasteiger partial charge in [0, 0.05) is 6.07 Å². The molecule has 0 aliphatic carbocycles. The number of para-hydroxylation sites is 2. The molecule has 0 bridgehead atoms. The highest BCUT2D eigenvalue weighted by Crippen LogP contribution is 2.35. The Morgan fingerprint density at radius 3 is 2.22 bits per heavy atom. The number of benzene rings is 2. The number of hydrogen-bond donors (Lipinski definition) is 1. The lowest BCUT2D eigenvalue weighted by atomic mass is 10.2. The van der Waals surface area contributed by atoms with E-state index in [-0.39, 0.29) is 0 Å². The quantitative estimate of drug-likeness (QED) is 0.841. The van der Waals surface area contributed by atoms with Gasteiger partial charge in [-0.1, -0.05) is 12.1 Å². The smallest absolute Gasteiger partial charge is 0.169 e. The van der Waals surface area contributed by atoms with Crippen LogP contribution in [0.2, 0.25) is 0 Å². The molecule has 0 atom stereocenters. The summed E-state index contributed by atoms with van der Waals surface area (Å²) in [5.41, 5.74) is 6.41. The summed E-state index contributed by atoms with van der Waals surface area (Å²) in [5.74, 6) is 2.49. The zero-order chi connectivity index (χ0) is 13.0. The Bertz CT molecular complexity index is 540. The van der Waals surface area contributed by atoms with Crippen LogP contribution in [0.15, 0.2) is 42.5 Å². The maximum atomic E-state index is 5.86. The molecule has 4 heteroatoms. The first-order chi connectivity index (χ1) is 8.74. The fraction of sp³-hybridized carbons (Fsp3) is 0.143. The van der Waals surface area contributed by atoms with Gasteiger partial charge in [-0.05, 0) is 24.3 Å². The minimum Gasteiger partial charge on any atom is -0.497 e. The normalized spacial score (nSPS) is 9.89. The Balaban J connectivity index is 2.33. The van der Waals surface area contributed by atoms with Gasteiger partial charge < -0.3 is 19.9 Å². The van der Waals surface area contributed by atoms with E-state index in [9.17, 15) is 0 Å². The molecule has 2 aromatic carbocycles. The number of methoxy groups -OCH3 is 2. The highest BCUT2D eigenvalue weighted by Gasteiger charge is 2.08. The molecule has 0 amide bonds. The van der Waals surface area contributed by atoms with Crippen LogP contribution in [0.5, 0.6) is 23.0 Å². The summed E-state index contributed by atoms with van der Waals surface area (Å²) in [5, 5.41) is 0. The maximum Gasteiger partial charge on any atom is 0.169 e. The van der Waals surface area contributed by atoms with Gasteiger partial charge >= 0.3 is 0 Å². The summed E-state index contributed by atoms with van der Waals surface area (Å²) in [6, 6.07) is 12.6. The molecule has 0 fully saturated rings. The second-order valence-corrected chi connectivity index (χ2v) is 3.66. The Morgan fingerprint density at radius 2 is 1.56 bits per heavy atom. The molecular formula is C14H15NO3. The Morgan fingerprint density at radius 1 is 0.833 bits per heavy atom. The third kappa shape index (κ3) is 2.48. The van der Waals surface area contributed by atoms with Crippen molar-refractivity contribution in [1.29, 1.82) is 0 Å². The minimum absolute atomic E-state index is 0.541. The molecule has 2 rings (SSSR count). The highest BCUT2D eigenvalue weighted by molar-refractivity contribution is 5.58. The number of nitrogens with two attached hydrogens (primary N) is 1. The first-order valence-electron chi connectivity index (χ1n) is 5.49. The number of nitrogen functional groups attached to an aromatic ring is 1. The van der Waals surface area contributed by atoms with E-state index in [1.54, 1.807) is 32.4 Å². The summed E-state index contributed by atoms with van der Waals surface area (Å²) in [4.78, 5) is 0. The van der Waals surface area contributed by atoms with E-state index in [4.69, 9.17) is 19.9 Å². The van der Waals surface area contributed by atoms with Crippen molar-refractivity contribution in [2.45, 2.75) is 0 Å². The van der Waals surface area contributed by atoms with Crippen LogP contribution >= 0.6 is 0 Å². The summed E-state index contributed by atoms with van der Waals surface area (Å²) >= 11 is 0. The molecule has 0 heterocycles. The molecule has 0 aromatic heterocycles. The molecule has 4 nitrogen and oxygen atoms in total. The van der Waals surface area contributed by atoms with Crippen LogP contribution in [-0.4, -0.2) is 14.2 Å². The molecule has 0 saturated carbocycles. The molecule has 94 valence electrons. The Labute approximate surface area is 106 Å². The van der Waals surface area contributed by atoms with E-state index in [1.807, 2.05) is 24.3 Å². The minimum atomic E-state index is 0.541. The fourth-order valence-electron chi connectivity index (χ4n) is 1.55. The number of ether oxygens (including phenoxy) is 3. The van der Waals surface area contributed by atoms with Gasteiger partial charge in [0.25, 0.3) is 0 Å². The molecule has 0 aliphatic rings. The van der Waals surface area contributed by atoms with E-state index >= 15 is 0 Å². The highest BCUT2D eigenvalue weighted by atomic mass is 16.5. The van der Waals surface area contributed by atoms with Gasteiger partial charge in [-0.2, -0.15) is 0 Å². The molecular weight excluding hydrogens is 230 g/mol. The predicted octanol–water partition coefficient (Wildman–Crippen LogP) is 3.08. The third-order valence-electron chi connectivity index (χ3n) is 2.51. The first kappa shape index (κ1) is 12.1. The van der Waals surface area contributed by atoms with Gasteiger partial charge in [-0.3, -0.25) is 0 Å². The van der Waals surface area contributed by atoms with Crippen LogP contribution in [0.1, 0.15) is 0 Å². The van der Waals surface area contributed by atoms with Gasteiger partial charge in [-0.25, -0.2) is 0 Å². The van der Waals surface area contributed by atoms with E-state index in [1.165, 1.54) is 0 Å². The van der Waals surface area contributed by atoms with E-state index in [2.05, 4.69) is 0 Å². The molecule has 18 heavy (non-hydrogen) atoms. The van der Waals surface area contributed by atoms with Crippen molar-refractivity contribution < 1.29 is 14.2 Å². The summed E-state index contributed by atoms with van der Waals surface area (Å²) in [6.45, 7) is 0. The molecule has 2 aromatic rings. The number of anilines is 1. The average molecular weight is 245 g/mol. The predicted molar refractivity (Wildman–Crippen MR) is 70.5 cm³/mol. The molecule has 2 N–H and O–H groups in total. The second-order valence-electron chi connectivity index (χ2n) is 3.66. The van der Waals surface area contributed by atoms with Gasteiger partial charge in [0.15, 0.2) is 17.2 Å². The SMILES string of the molecule is COc1ccc(N)c(Oc2ccccc2OC)c1. The van der Waals surface area contributed by atoms with E-state index in [0.717, 1.165) is 0 Å². The van der Waals surface area contributed by atoms with Crippen molar-refractivity contribution >= 4 is 5.69 Å². The molecule has 0 saturated heterocycles. The largest absolute Gasteiger partial charge is 0.497 e. The molecule has 0 aliphatic heterocycles. The lowest BCUT2D eigenvalue weighted by Crippen LogP contribution is -1.95.